The molecule has 0 fully saturated rings. The highest BCUT2D eigenvalue weighted by molar-refractivity contribution is 6.67. The summed E-state index contributed by atoms with van der Waals surface area (Å²) in [5, 5.41) is 0. The lowest BCUT2D eigenvalue weighted by atomic mass is 9.62. The van der Waals surface area contributed by atoms with Crippen LogP contribution < -0.4 is 10.9 Å². The standard InChI is InChI=1S/C13H5BF8/c1-3-8(17)12(21)7(13(22)9(3)18)14-6-4(15)2-5(16)10(19)11(6)20/h2,14H,1H3. The Balaban J connectivity index is 2.66. The number of hydrogen-bond acceptors (Lipinski definition) is 0. The molecule has 0 spiro atoms. The Morgan fingerprint density at radius 3 is 1.55 bits per heavy atom. The second kappa shape index (κ2) is 5.62. The highest BCUT2D eigenvalue weighted by Crippen LogP contribution is 2.17. The molecule has 0 atom stereocenters. The molecule has 116 valence electrons. The first-order chi connectivity index (χ1) is 10.2. The van der Waals surface area contributed by atoms with Crippen molar-refractivity contribution >= 4 is 18.2 Å². The molecule has 22 heavy (non-hydrogen) atoms. The zero-order chi connectivity index (χ0) is 16.8. The van der Waals surface area contributed by atoms with E-state index in [0.717, 1.165) is 6.92 Å². The van der Waals surface area contributed by atoms with Crippen LogP contribution in [0, 0.1) is 53.5 Å². The van der Waals surface area contributed by atoms with Gasteiger partial charge in [-0.15, -0.1) is 0 Å². The lowest BCUT2D eigenvalue weighted by Gasteiger charge is -2.10. The van der Waals surface area contributed by atoms with Gasteiger partial charge in [0.25, 0.3) is 0 Å². The Morgan fingerprint density at radius 2 is 1.05 bits per heavy atom. The lowest BCUT2D eigenvalue weighted by molar-refractivity contribution is 0.440. The van der Waals surface area contributed by atoms with Gasteiger partial charge in [-0.05, 0) is 17.8 Å². The van der Waals surface area contributed by atoms with E-state index in [4.69, 9.17) is 0 Å². The Labute approximate surface area is 119 Å². The molecule has 2 aromatic carbocycles. The Kier molecular flexibility index (Phi) is 4.17. The summed E-state index contributed by atoms with van der Waals surface area (Å²) in [6.07, 6.45) is 0. The van der Waals surface area contributed by atoms with Gasteiger partial charge < -0.3 is 0 Å². The third kappa shape index (κ3) is 2.44. The fraction of sp³-hybridized carbons (Fsp3) is 0.0769. The van der Waals surface area contributed by atoms with Gasteiger partial charge in [-0.3, -0.25) is 0 Å². The minimum Gasteiger partial charge on any atom is -0.207 e. The van der Waals surface area contributed by atoms with Gasteiger partial charge in [0.05, 0.1) is 0 Å². The largest absolute Gasteiger partial charge is 0.208 e. The second-order valence-corrected chi connectivity index (χ2v) is 4.48. The molecule has 0 amide bonds. The molecule has 2 rings (SSSR count). The molecule has 0 saturated heterocycles. The Bertz CT molecular complexity index is 743. The average molecular weight is 324 g/mol. The minimum atomic E-state index is -2.06. The van der Waals surface area contributed by atoms with E-state index in [1.54, 1.807) is 0 Å². The zero-order valence-corrected chi connectivity index (χ0v) is 10.8. The van der Waals surface area contributed by atoms with Crippen LogP contribution in [0.4, 0.5) is 35.1 Å². The van der Waals surface area contributed by atoms with E-state index < -0.39 is 70.3 Å². The van der Waals surface area contributed by atoms with Crippen LogP contribution in [0.15, 0.2) is 6.07 Å². The highest BCUT2D eigenvalue weighted by Gasteiger charge is 2.27. The van der Waals surface area contributed by atoms with E-state index in [1.807, 2.05) is 0 Å². The second-order valence-electron chi connectivity index (χ2n) is 4.48. The van der Waals surface area contributed by atoms with E-state index in [2.05, 4.69) is 0 Å². The molecule has 0 aromatic heterocycles. The maximum absolute atomic E-state index is 13.6. The summed E-state index contributed by atoms with van der Waals surface area (Å²) in [6.45, 7) is 0.763. The van der Waals surface area contributed by atoms with E-state index >= 15 is 0 Å². The number of rotatable bonds is 2. The smallest absolute Gasteiger partial charge is 0.207 e. The lowest BCUT2D eigenvalue weighted by Crippen LogP contribution is -2.38. The summed E-state index contributed by atoms with van der Waals surface area (Å²) >= 11 is 0. The van der Waals surface area contributed by atoms with Crippen molar-refractivity contribution in [2.45, 2.75) is 6.92 Å². The molecule has 0 heterocycles. The molecule has 0 bridgehead atoms. The molecular formula is C13H5BF8. The van der Waals surface area contributed by atoms with Crippen molar-refractivity contribution in [2.24, 2.45) is 0 Å². The third-order valence-corrected chi connectivity index (χ3v) is 3.14. The number of hydrogen-bond donors (Lipinski definition) is 0. The normalized spacial score (nSPS) is 11.0. The van der Waals surface area contributed by atoms with Crippen LogP contribution in [-0.2, 0) is 0 Å². The number of benzene rings is 2. The molecule has 0 nitrogen and oxygen atoms in total. The van der Waals surface area contributed by atoms with Gasteiger partial charge in [0.15, 0.2) is 40.7 Å². The van der Waals surface area contributed by atoms with E-state index in [1.165, 1.54) is 0 Å². The zero-order valence-electron chi connectivity index (χ0n) is 10.8. The van der Waals surface area contributed by atoms with Gasteiger partial charge in [0.1, 0.15) is 5.82 Å². The van der Waals surface area contributed by atoms with Gasteiger partial charge in [-0.1, -0.05) is 0 Å². The van der Waals surface area contributed by atoms with Crippen LogP contribution in [0.2, 0.25) is 0 Å². The van der Waals surface area contributed by atoms with Crippen molar-refractivity contribution in [3.8, 4) is 0 Å². The van der Waals surface area contributed by atoms with Gasteiger partial charge in [0, 0.05) is 11.6 Å². The maximum Gasteiger partial charge on any atom is 0.208 e. The van der Waals surface area contributed by atoms with Gasteiger partial charge in [-0.2, -0.15) is 0 Å². The summed E-state index contributed by atoms with van der Waals surface area (Å²) in [5.41, 5.74) is -3.53. The molecule has 2 aromatic rings. The van der Waals surface area contributed by atoms with Crippen molar-refractivity contribution in [1.82, 2.24) is 0 Å². The molecule has 0 unspecified atom stereocenters. The van der Waals surface area contributed by atoms with E-state index in [9.17, 15) is 35.1 Å². The predicted octanol–water partition coefficient (Wildman–Crippen LogP) is 2.50. The van der Waals surface area contributed by atoms with Crippen molar-refractivity contribution in [1.29, 1.82) is 0 Å². The van der Waals surface area contributed by atoms with Crippen LogP contribution in [0.25, 0.3) is 0 Å². The highest BCUT2D eigenvalue weighted by atomic mass is 19.2. The fourth-order valence-corrected chi connectivity index (χ4v) is 1.88. The predicted molar refractivity (Wildman–Crippen MR) is 63.7 cm³/mol. The van der Waals surface area contributed by atoms with Crippen molar-refractivity contribution < 1.29 is 35.1 Å². The van der Waals surface area contributed by atoms with Crippen LogP contribution in [0.5, 0.6) is 0 Å². The number of halogens is 8. The summed E-state index contributed by atoms with van der Waals surface area (Å²) in [5.74, 6) is -14.8. The topological polar surface area (TPSA) is 0 Å². The summed E-state index contributed by atoms with van der Waals surface area (Å²) in [7, 11) is -1.33. The average Bonchev–Trinajstić information content (AvgIpc) is 2.48. The summed E-state index contributed by atoms with van der Waals surface area (Å²) in [6, 6.07) is -0.0372. The van der Waals surface area contributed by atoms with Crippen LogP contribution in [-0.4, -0.2) is 7.28 Å². The first kappa shape index (κ1) is 16.3. The Hall–Kier alpha value is -2.06. The SMILES string of the molecule is Cc1c(F)c(F)c(Bc2c(F)cc(F)c(F)c2F)c(F)c1F. The van der Waals surface area contributed by atoms with Gasteiger partial charge in [0.2, 0.25) is 7.28 Å². The quantitative estimate of drug-likeness (QED) is 0.345. The van der Waals surface area contributed by atoms with Crippen LogP contribution >= 0.6 is 0 Å². The fourth-order valence-electron chi connectivity index (χ4n) is 1.88. The maximum atomic E-state index is 13.6. The molecule has 0 aliphatic heterocycles. The molecule has 0 aliphatic carbocycles. The monoisotopic (exact) mass is 324 g/mol. The van der Waals surface area contributed by atoms with Crippen molar-refractivity contribution in [3.05, 3.63) is 58.2 Å². The van der Waals surface area contributed by atoms with Gasteiger partial charge in [-0.25, -0.2) is 35.1 Å². The molecule has 9 heteroatoms. The molecule has 0 saturated carbocycles. The first-order valence-corrected chi connectivity index (χ1v) is 5.80. The van der Waals surface area contributed by atoms with Crippen molar-refractivity contribution in [2.75, 3.05) is 0 Å². The molecule has 0 radical (unpaired) electrons. The van der Waals surface area contributed by atoms with Gasteiger partial charge >= 0.3 is 0 Å². The van der Waals surface area contributed by atoms with E-state index in [0.29, 0.717) is 0 Å². The molecular weight excluding hydrogens is 319 g/mol. The molecule has 0 aliphatic rings. The first-order valence-electron chi connectivity index (χ1n) is 5.80. The molecule has 0 N–H and O–H groups in total. The third-order valence-electron chi connectivity index (χ3n) is 3.14. The Morgan fingerprint density at radius 1 is 0.591 bits per heavy atom. The van der Waals surface area contributed by atoms with Crippen molar-refractivity contribution in [3.63, 3.8) is 0 Å². The summed E-state index contributed by atoms with van der Waals surface area (Å²) < 4.78 is 107. The minimum absolute atomic E-state index is 0.0372. The van der Waals surface area contributed by atoms with Crippen LogP contribution in [0.3, 0.4) is 0 Å². The summed E-state index contributed by atoms with van der Waals surface area (Å²) in [4.78, 5) is 0. The van der Waals surface area contributed by atoms with E-state index in [-0.39, 0.29) is 6.07 Å². The van der Waals surface area contributed by atoms with Crippen LogP contribution in [0.1, 0.15) is 5.56 Å².